The molecule has 2 heterocycles. The zero-order chi connectivity index (χ0) is 26.3. The van der Waals surface area contributed by atoms with Crippen molar-refractivity contribution in [3.8, 4) is 0 Å². The normalized spacial score (nSPS) is 11.3. The van der Waals surface area contributed by atoms with Crippen molar-refractivity contribution in [1.82, 2.24) is 9.97 Å². The maximum absolute atomic E-state index is 14.8. The molecule has 0 amide bonds. The first-order valence-corrected chi connectivity index (χ1v) is 12.1. The topological polar surface area (TPSA) is 33.5 Å². The van der Waals surface area contributed by atoms with Crippen molar-refractivity contribution in [2.24, 2.45) is 14.1 Å². The quantitative estimate of drug-likeness (QED) is 0.233. The molecule has 0 atom stereocenters. The number of rotatable bonds is 2. The van der Waals surface area contributed by atoms with E-state index < -0.39 is 11.6 Å². The van der Waals surface area contributed by atoms with E-state index in [1.807, 2.05) is 63.7 Å². The van der Waals surface area contributed by atoms with Gasteiger partial charge in [-0.3, -0.25) is 0 Å². The summed E-state index contributed by atoms with van der Waals surface area (Å²) in [5, 5.41) is 2.71. The van der Waals surface area contributed by atoms with Crippen LogP contribution >= 0.6 is 0 Å². The summed E-state index contributed by atoms with van der Waals surface area (Å²) < 4.78 is 46.4. The molecule has 0 aliphatic heterocycles. The Morgan fingerprint density at radius 1 is 0.639 bits per heavy atom. The van der Waals surface area contributed by atoms with Crippen molar-refractivity contribution in [1.29, 1.82) is 0 Å². The lowest BCUT2D eigenvalue weighted by Gasteiger charge is -2.09. The maximum atomic E-state index is 14.8. The molecule has 0 spiro atoms. The van der Waals surface area contributed by atoms with Crippen molar-refractivity contribution in [3.05, 3.63) is 82.4 Å². The Hall–Kier alpha value is -3.61. The summed E-state index contributed by atoms with van der Waals surface area (Å²) in [5.41, 5.74) is 4.52. The average Bonchev–Trinajstić information content (AvgIpc) is 2.89. The van der Waals surface area contributed by atoms with Crippen molar-refractivity contribution in [3.63, 3.8) is 0 Å². The van der Waals surface area contributed by atoms with Crippen molar-refractivity contribution in [2.45, 2.75) is 47.5 Å². The minimum atomic E-state index is -0.501. The van der Waals surface area contributed by atoms with Crippen LogP contribution in [0, 0.1) is 38.2 Å². The highest BCUT2D eigenvalue weighted by atomic mass is 19.1. The minimum absolute atomic E-state index is 0.0673. The SMILES string of the molecule is CCc1c2c(F)c(C)c(F)c(C)c2nc[n+]1C.CCc1c2c(F)c3ccccc3c(C)c2nc[n+]1C. The lowest BCUT2D eigenvalue weighted by atomic mass is 9.99. The van der Waals surface area contributed by atoms with E-state index in [0.29, 0.717) is 33.7 Å². The molecule has 0 unspecified atom stereocenters. The van der Waals surface area contributed by atoms with Gasteiger partial charge in [0.05, 0.1) is 14.1 Å². The highest BCUT2D eigenvalue weighted by molar-refractivity contribution is 6.01. The smallest absolute Gasteiger partial charge is 0.236 e. The number of benzene rings is 3. The lowest BCUT2D eigenvalue weighted by molar-refractivity contribution is -0.680. The molecular weight excluding hydrogens is 461 g/mol. The second kappa shape index (κ2) is 9.80. The Morgan fingerprint density at radius 2 is 1.11 bits per heavy atom. The molecule has 7 heteroatoms. The van der Waals surface area contributed by atoms with Crippen LogP contribution in [0.5, 0.6) is 0 Å². The van der Waals surface area contributed by atoms with E-state index >= 15 is 0 Å². The molecule has 186 valence electrons. The summed E-state index contributed by atoms with van der Waals surface area (Å²) in [6.45, 7) is 9.09. The highest BCUT2D eigenvalue weighted by Crippen LogP contribution is 2.31. The van der Waals surface area contributed by atoms with E-state index in [-0.39, 0.29) is 11.4 Å². The number of halogens is 3. The van der Waals surface area contributed by atoms with Crippen molar-refractivity contribution < 1.29 is 22.3 Å². The van der Waals surface area contributed by atoms with Gasteiger partial charge in [-0.05, 0) is 36.1 Å². The molecule has 4 nitrogen and oxygen atoms in total. The van der Waals surface area contributed by atoms with Crippen LogP contribution in [-0.4, -0.2) is 9.97 Å². The molecular formula is C29H31F3N4+2. The van der Waals surface area contributed by atoms with Crippen LogP contribution in [0.1, 0.15) is 41.9 Å². The highest BCUT2D eigenvalue weighted by Gasteiger charge is 2.23. The predicted octanol–water partition coefficient (Wildman–Crippen LogP) is 5.74. The van der Waals surface area contributed by atoms with Crippen LogP contribution in [0.2, 0.25) is 0 Å². The Labute approximate surface area is 209 Å². The third-order valence-electron chi connectivity index (χ3n) is 7.00. The van der Waals surface area contributed by atoms with Crippen molar-refractivity contribution in [2.75, 3.05) is 0 Å². The minimum Gasteiger partial charge on any atom is -0.236 e. The number of aromatic nitrogens is 4. The molecule has 3 aromatic carbocycles. The molecule has 0 aliphatic carbocycles. The maximum Gasteiger partial charge on any atom is 0.286 e. The molecule has 0 aliphatic rings. The van der Waals surface area contributed by atoms with E-state index in [9.17, 15) is 13.2 Å². The Morgan fingerprint density at radius 3 is 1.64 bits per heavy atom. The molecule has 0 radical (unpaired) electrons. The summed E-state index contributed by atoms with van der Waals surface area (Å²) in [7, 11) is 3.73. The molecule has 0 bridgehead atoms. The lowest BCUT2D eigenvalue weighted by Crippen LogP contribution is -2.34. The van der Waals surface area contributed by atoms with E-state index in [0.717, 1.165) is 34.3 Å². The van der Waals surface area contributed by atoms with Gasteiger partial charge in [0, 0.05) is 34.9 Å². The van der Waals surface area contributed by atoms with Crippen LogP contribution < -0.4 is 9.13 Å². The molecule has 0 fully saturated rings. The summed E-state index contributed by atoms with van der Waals surface area (Å²) >= 11 is 0. The zero-order valence-electron chi connectivity index (χ0n) is 21.8. The third-order valence-corrected chi connectivity index (χ3v) is 7.00. The standard InChI is InChI=1S/C16H16FN2.C13H15F2N2/c1-4-13-14-15(17)12-8-6-5-7-11(12)10(2)16(14)18-9-19(13)3;1-5-9-10-12(15)7(2)11(14)8(3)13(10)16-6-17(9)4/h5-9H,4H2,1-3H3;6H,5H2,1-4H3/q2*+1. The fourth-order valence-electron chi connectivity index (χ4n) is 5.00. The zero-order valence-corrected chi connectivity index (χ0v) is 21.8. The number of hydrogen-bond acceptors (Lipinski definition) is 2. The molecule has 0 saturated carbocycles. The van der Waals surface area contributed by atoms with Gasteiger partial charge in [0.15, 0.2) is 11.0 Å². The molecule has 36 heavy (non-hydrogen) atoms. The van der Waals surface area contributed by atoms with Crippen LogP contribution in [0.3, 0.4) is 0 Å². The fraction of sp³-hybridized carbons (Fsp3) is 0.310. The first kappa shape index (κ1) is 25.5. The summed E-state index contributed by atoms with van der Waals surface area (Å²) in [5.74, 6) is -1.15. The average molecular weight is 493 g/mol. The first-order chi connectivity index (χ1) is 17.1. The van der Waals surface area contributed by atoms with Gasteiger partial charge < -0.3 is 0 Å². The van der Waals surface area contributed by atoms with Gasteiger partial charge in [-0.1, -0.05) is 38.1 Å². The van der Waals surface area contributed by atoms with Gasteiger partial charge in [0.1, 0.15) is 39.6 Å². The summed E-state index contributed by atoms with van der Waals surface area (Å²) in [4.78, 5) is 8.56. The number of aryl methyl sites for hydroxylation is 6. The van der Waals surface area contributed by atoms with Gasteiger partial charge in [-0.25, -0.2) is 22.3 Å². The Balaban J connectivity index is 0.000000170. The number of hydrogen-bond donors (Lipinski definition) is 0. The Kier molecular flexibility index (Phi) is 6.94. The van der Waals surface area contributed by atoms with Gasteiger partial charge in [-0.2, -0.15) is 0 Å². The van der Waals surface area contributed by atoms with Crippen LogP contribution in [0.15, 0.2) is 36.9 Å². The Bertz CT molecular complexity index is 1640. The van der Waals surface area contributed by atoms with Crippen LogP contribution in [0.4, 0.5) is 13.2 Å². The molecule has 2 aromatic heterocycles. The number of fused-ring (bicyclic) bond motifs is 3. The van der Waals surface area contributed by atoms with E-state index in [2.05, 4.69) is 9.97 Å². The molecule has 5 rings (SSSR count). The van der Waals surface area contributed by atoms with Gasteiger partial charge in [0.2, 0.25) is 0 Å². The molecule has 0 saturated heterocycles. The second-order valence-electron chi connectivity index (χ2n) is 9.12. The van der Waals surface area contributed by atoms with Gasteiger partial charge in [-0.15, -0.1) is 0 Å². The molecule has 0 N–H and O–H groups in total. The largest absolute Gasteiger partial charge is 0.286 e. The van der Waals surface area contributed by atoms with Gasteiger partial charge >= 0.3 is 0 Å². The molecule has 5 aromatic rings. The first-order valence-electron chi connectivity index (χ1n) is 12.1. The summed E-state index contributed by atoms with van der Waals surface area (Å²) in [6.07, 6.45) is 4.83. The van der Waals surface area contributed by atoms with Crippen LogP contribution in [-0.2, 0) is 26.9 Å². The summed E-state index contributed by atoms with van der Waals surface area (Å²) in [6, 6.07) is 7.60. The number of nitrogens with zero attached hydrogens (tertiary/aromatic N) is 4. The van der Waals surface area contributed by atoms with E-state index in [4.69, 9.17) is 0 Å². The van der Waals surface area contributed by atoms with Gasteiger partial charge in [0.25, 0.3) is 12.7 Å². The second-order valence-corrected chi connectivity index (χ2v) is 9.12. The monoisotopic (exact) mass is 492 g/mol. The van der Waals surface area contributed by atoms with Crippen LogP contribution in [0.25, 0.3) is 32.6 Å². The third kappa shape index (κ3) is 3.96. The van der Waals surface area contributed by atoms with E-state index in [1.165, 1.54) is 6.92 Å². The predicted molar refractivity (Wildman–Crippen MR) is 136 cm³/mol. The van der Waals surface area contributed by atoms with E-state index in [1.54, 1.807) is 24.1 Å². The van der Waals surface area contributed by atoms with Crippen molar-refractivity contribution >= 4 is 32.6 Å². The fourth-order valence-corrected chi connectivity index (χ4v) is 5.00.